The Bertz CT molecular complexity index is 752. The van der Waals surface area contributed by atoms with E-state index < -0.39 is 0 Å². The van der Waals surface area contributed by atoms with E-state index in [1.54, 1.807) is 24.3 Å². The number of hydrogen-bond acceptors (Lipinski definition) is 2. The average Bonchev–Trinajstić information content (AvgIpc) is 2.62. The summed E-state index contributed by atoms with van der Waals surface area (Å²) in [5.41, 5.74) is 2.55. The van der Waals surface area contributed by atoms with Crippen LogP contribution in [0.3, 0.4) is 0 Å². The molecule has 2 aromatic rings. The molecule has 1 aliphatic rings. The predicted octanol–water partition coefficient (Wildman–Crippen LogP) is 4.77. The van der Waals surface area contributed by atoms with Gasteiger partial charge in [0, 0.05) is 35.7 Å². The summed E-state index contributed by atoms with van der Waals surface area (Å²) in [4.78, 5) is 27.0. The van der Waals surface area contributed by atoms with Crippen LogP contribution in [0.4, 0.5) is 0 Å². The van der Waals surface area contributed by atoms with Crippen LogP contribution in [-0.2, 0) is 0 Å². The van der Waals surface area contributed by atoms with Gasteiger partial charge in [-0.25, -0.2) is 0 Å². The third kappa shape index (κ3) is 4.49. The van der Waals surface area contributed by atoms with Gasteiger partial charge in [-0.2, -0.15) is 0 Å². The molecule has 4 heteroatoms. The van der Waals surface area contributed by atoms with Crippen molar-refractivity contribution >= 4 is 23.3 Å². The number of hydrogen-bond donors (Lipinski definition) is 0. The number of rotatable bonds is 4. The van der Waals surface area contributed by atoms with Gasteiger partial charge in [0.05, 0.1) is 0 Å². The SMILES string of the molecule is Cc1ccc(C(=O)C[C@@H]2CCCN(C(=O)c3ccc(Cl)cc3)C2)cc1. The third-order valence-electron chi connectivity index (χ3n) is 4.74. The van der Waals surface area contributed by atoms with Crippen molar-refractivity contribution in [2.45, 2.75) is 26.2 Å². The highest BCUT2D eigenvalue weighted by Gasteiger charge is 2.26. The summed E-state index contributed by atoms with van der Waals surface area (Å²) >= 11 is 5.89. The zero-order chi connectivity index (χ0) is 17.8. The predicted molar refractivity (Wildman–Crippen MR) is 100 cm³/mol. The van der Waals surface area contributed by atoms with Crippen LogP contribution in [0.2, 0.25) is 5.02 Å². The van der Waals surface area contributed by atoms with E-state index in [0.717, 1.165) is 30.5 Å². The zero-order valence-electron chi connectivity index (χ0n) is 14.4. The molecule has 1 aliphatic heterocycles. The normalized spacial score (nSPS) is 17.4. The standard InChI is InChI=1S/C21H22ClNO2/c1-15-4-6-17(7-5-15)20(24)13-16-3-2-12-23(14-16)21(25)18-8-10-19(22)11-9-18/h4-11,16H,2-3,12-14H2,1H3/t16-/m0/s1. The average molecular weight is 356 g/mol. The van der Waals surface area contributed by atoms with Crippen LogP contribution in [0.15, 0.2) is 48.5 Å². The highest BCUT2D eigenvalue weighted by atomic mass is 35.5. The number of likely N-dealkylation sites (tertiary alicyclic amines) is 1. The smallest absolute Gasteiger partial charge is 0.253 e. The summed E-state index contributed by atoms with van der Waals surface area (Å²) in [6.07, 6.45) is 2.42. The first-order chi connectivity index (χ1) is 12.0. The minimum atomic E-state index is 0.0177. The van der Waals surface area contributed by atoms with Gasteiger partial charge in [-0.15, -0.1) is 0 Å². The van der Waals surface area contributed by atoms with E-state index in [4.69, 9.17) is 11.6 Å². The first kappa shape index (κ1) is 17.7. The molecule has 2 aromatic carbocycles. The molecule has 3 nitrogen and oxygen atoms in total. The Morgan fingerprint density at radius 3 is 2.36 bits per heavy atom. The molecule has 0 N–H and O–H groups in total. The van der Waals surface area contributed by atoms with Crippen molar-refractivity contribution in [1.29, 1.82) is 0 Å². The van der Waals surface area contributed by atoms with E-state index in [9.17, 15) is 9.59 Å². The molecular formula is C21H22ClNO2. The molecule has 0 aliphatic carbocycles. The number of nitrogens with zero attached hydrogens (tertiary/aromatic N) is 1. The van der Waals surface area contributed by atoms with Gasteiger partial charge in [0.15, 0.2) is 5.78 Å². The molecule has 1 fully saturated rings. The van der Waals surface area contributed by atoms with Crippen LogP contribution >= 0.6 is 11.6 Å². The molecule has 0 aromatic heterocycles. The van der Waals surface area contributed by atoms with Crippen molar-refractivity contribution in [3.8, 4) is 0 Å². The van der Waals surface area contributed by atoms with Gasteiger partial charge in [-0.1, -0.05) is 41.4 Å². The Hall–Kier alpha value is -2.13. The van der Waals surface area contributed by atoms with Crippen molar-refractivity contribution < 1.29 is 9.59 Å². The van der Waals surface area contributed by atoms with Crippen LogP contribution in [-0.4, -0.2) is 29.7 Å². The molecule has 0 spiro atoms. The van der Waals surface area contributed by atoms with Crippen molar-refractivity contribution in [3.05, 3.63) is 70.2 Å². The first-order valence-corrected chi connectivity index (χ1v) is 9.05. The van der Waals surface area contributed by atoms with Crippen molar-refractivity contribution in [2.24, 2.45) is 5.92 Å². The lowest BCUT2D eigenvalue weighted by Crippen LogP contribution is -2.40. The van der Waals surface area contributed by atoms with Gasteiger partial charge in [0.1, 0.15) is 0 Å². The number of benzene rings is 2. The summed E-state index contributed by atoms with van der Waals surface area (Å²) < 4.78 is 0. The molecule has 0 unspecified atom stereocenters. The number of carbonyl (C=O) groups is 2. The minimum Gasteiger partial charge on any atom is -0.338 e. The maximum atomic E-state index is 12.6. The Morgan fingerprint density at radius 2 is 1.68 bits per heavy atom. The minimum absolute atomic E-state index is 0.0177. The Kier molecular flexibility index (Phi) is 5.54. The fourth-order valence-corrected chi connectivity index (χ4v) is 3.44. The second-order valence-electron chi connectivity index (χ2n) is 6.76. The van der Waals surface area contributed by atoms with E-state index in [2.05, 4.69) is 0 Å². The number of Topliss-reactive ketones (excluding diaryl/α,β-unsaturated/α-hetero) is 1. The Balaban J connectivity index is 1.62. The lowest BCUT2D eigenvalue weighted by molar-refractivity contribution is 0.0652. The number of piperidine rings is 1. The highest BCUT2D eigenvalue weighted by Crippen LogP contribution is 2.23. The summed E-state index contributed by atoms with van der Waals surface area (Å²) in [6, 6.07) is 14.7. The molecule has 1 amide bonds. The van der Waals surface area contributed by atoms with E-state index >= 15 is 0 Å². The fraction of sp³-hybridized carbons (Fsp3) is 0.333. The van der Waals surface area contributed by atoms with Crippen molar-refractivity contribution in [2.75, 3.05) is 13.1 Å². The second-order valence-corrected chi connectivity index (χ2v) is 7.20. The molecule has 25 heavy (non-hydrogen) atoms. The van der Waals surface area contributed by atoms with Crippen LogP contribution in [0, 0.1) is 12.8 Å². The van der Waals surface area contributed by atoms with Crippen LogP contribution in [0.25, 0.3) is 0 Å². The molecule has 1 atom stereocenters. The number of carbonyl (C=O) groups excluding carboxylic acids is 2. The summed E-state index contributed by atoms with van der Waals surface area (Å²) in [7, 11) is 0. The molecular weight excluding hydrogens is 334 g/mol. The number of aryl methyl sites for hydroxylation is 1. The largest absolute Gasteiger partial charge is 0.338 e. The van der Waals surface area contributed by atoms with E-state index in [0.29, 0.717) is 23.6 Å². The molecule has 0 saturated carbocycles. The van der Waals surface area contributed by atoms with Gasteiger partial charge >= 0.3 is 0 Å². The molecule has 0 radical (unpaired) electrons. The quantitative estimate of drug-likeness (QED) is 0.740. The first-order valence-electron chi connectivity index (χ1n) is 8.67. The topological polar surface area (TPSA) is 37.4 Å². The monoisotopic (exact) mass is 355 g/mol. The molecule has 1 saturated heterocycles. The van der Waals surface area contributed by atoms with Gasteiger partial charge in [0.25, 0.3) is 5.91 Å². The van der Waals surface area contributed by atoms with Crippen LogP contribution in [0.1, 0.15) is 45.5 Å². The van der Waals surface area contributed by atoms with Gasteiger partial charge in [-0.05, 0) is 49.9 Å². The molecule has 130 valence electrons. The Labute approximate surface area is 153 Å². The van der Waals surface area contributed by atoms with Crippen molar-refractivity contribution in [1.82, 2.24) is 4.90 Å². The number of halogens is 1. The van der Waals surface area contributed by atoms with E-state index in [1.807, 2.05) is 36.1 Å². The van der Waals surface area contributed by atoms with E-state index in [-0.39, 0.29) is 17.6 Å². The lowest BCUT2D eigenvalue weighted by Gasteiger charge is -2.32. The maximum absolute atomic E-state index is 12.6. The maximum Gasteiger partial charge on any atom is 0.253 e. The summed E-state index contributed by atoms with van der Waals surface area (Å²) in [6.45, 7) is 3.39. The van der Waals surface area contributed by atoms with Gasteiger partial charge in [0.2, 0.25) is 0 Å². The molecule has 3 rings (SSSR count). The molecule has 1 heterocycles. The number of ketones is 1. The van der Waals surface area contributed by atoms with Crippen LogP contribution in [0.5, 0.6) is 0 Å². The third-order valence-corrected chi connectivity index (χ3v) is 5.00. The second kappa shape index (κ2) is 7.83. The fourth-order valence-electron chi connectivity index (χ4n) is 3.31. The van der Waals surface area contributed by atoms with Crippen LogP contribution < -0.4 is 0 Å². The van der Waals surface area contributed by atoms with Gasteiger partial charge in [-0.3, -0.25) is 9.59 Å². The summed E-state index contributed by atoms with van der Waals surface area (Å²) in [5.74, 6) is 0.397. The van der Waals surface area contributed by atoms with Gasteiger partial charge < -0.3 is 4.90 Å². The summed E-state index contributed by atoms with van der Waals surface area (Å²) in [5, 5.41) is 0.622. The Morgan fingerprint density at radius 1 is 1.04 bits per heavy atom. The highest BCUT2D eigenvalue weighted by molar-refractivity contribution is 6.30. The zero-order valence-corrected chi connectivity index (χ0v) is 15.1. The van der Waals surface area contributed by atoms with E-state index in [1.165, 1.54) is 0 Å². The molecule has 0 bridgehead atoms. The number of amides is 1. The lowest BCUT2D eigenvalue weighted by atomic mass is 9.90. The van der Waals surface area contributed by atoms with Crippen molar-refractivity contribution in [3.63, 3.8) is 0 Å².